The van der Waals surface area contributed by atoms with E-state index in [9.17, 15) is 4.79 Å². The van der Waals surface area contributed by atoms with E-state index < -0.39 is 0 Å². The molecule has 0 radical (unpaired) electrons. The highest BCUT2D eigenvalue weighted by atomic mass is 79.9. The Kier molecular flexibility index (Phi) is 4.53. The monoisotopic (exact) mass is 316 g/mol. The van der Waals surface area contributed by atoms with E-state index in [-0.39, 0.29) is 5.78 Å². The summed E-state index contributed by atoms with van der Waals surface area (Å²) in [5.41, 5.74) is 1.54. The molecule has 0 fully saturated rings. The van der Waals surface area contributed by atoms with Gasteiger partial charge in [0.25, 0.3) is 0 Å². The molecule has 2 aromatic rings. The lowest BCUT2D eigenvalue weighted by Gasteiger charge is -2.04. The molecule has 0 aromatic heterocycles. The molecule has 0 saturated carbocycles. The second kappa shape index (κ2) is 6.34. The quantitative estimate of drug-likeness (QED) is 0.619. The van der Waals surface area contributed by atoms with Crippen LogP contribution >= 0.6 is 15.9 Å². The molecule has 0 N–H and O–H groups in total. The van der Waals surface area contributed by atoms with Crippen LogP contribution in [0.1, 0.15) is 15.9 Å². The fraction of sp³-hybridized carbons (Fsp3) is 0.0625. The molecule has 0 atom stereocenters. The highest BCUT2D eigenvalue weighted by molar-refractivity contribution is 9.10. The third-order valence-corrected chi connectivity index (χ3v) is 3.14. The number of halogens is 1. The molecule has 0 aliphatic carbocycles. The predicted octanol–water partition coefficient (Wildman–Crippen LogP) is 4.35. The molecule has 19 heavy (non-hydrogen) atoms. The van der Waals surface area contributed by atoms with Crippen LogP contribution in [0.25, 0.3) is 6.08 Å². The minimum atomic E-state index is -0.0718. The van der Waals surface area contributed by atoms with Gasteiger partial charge in [-0.15, -0.1) is 0 Å². The summed E-state index contributed by atoms with van der Waals surface area (Å²) >= 11 is 3.40. The first-order valence-electron chi connectivity index (χ1n) is 5.81. The molecule has 0 unspecified atom stereocenters. The Labute approximate surface area is 120 Å². The number of methoxy groups -OCH3 is 1. The van der Waals surface area contributed by atoms with E-state index >= 15 is 0 Å². The number of rotatable bonds is 4. The smallest absolute Gasteiger partial charge is 0.189 e. The van der Waals surface area contributed by atoms with Gasteiger partial charge in [0.2, 0.25) is 0 Å². The summed E-state index contributed by atoms with van der Waals surface area (Å²) in [6, 6.07) is 15.0. The number of ether oxygens (including phenoxy) is 1. The molecule has 96 valence electrons. The standard InChI is InChI=1S/C16H13BrO2/c1-19-16-8-3-2-7-14(16)15(18)10-9-12-5-4-6-13(17)11-12/h2-11H,1H3. The zero-order chi connectivity index (χ0) is 13.7. The maximum Gasteiger partial charge on any atom is 0.189 e. The van der Waals surface area contributed by atoms with Crippen LogP contribution in [0, 0.1) is 0 Å². The van der Waals surface area contributed by atoms with Gasteiger partial charge in [-0.1, -0.05) is 46.3 Å². The minimum Gasteiger partial charge on any atom is -0.496 e. The molecule has 2 aromatic carbocycles. The Morgan fingerprint density at radius 1 is 1.16 bits per heavy atom. The van der Waals surface area contributed by atoms with Crippen molar-refractivity contribution in [3.05, 3.63) is 70.2 Å². The second-order valence-electron chi connectivity index (χ2n) is 3.95. The molecule has 0 amide bonds. The Bertz CT molecular complexity index is 618. The first-order valence-corrected chi connectivity index (χ1v) is 6.61. The van der Waals surface area contributed by atoms with Gasteiger partial charge in [0.15, 0.2) is 5.78 Å². The van der Waals surface area contributed by atoms with Gasteiger partial charge in [-0.25, -0.2) is 0 Å². The SMILES string of the molecule is COc1ccccc1C(=O)C=Cc1cccc(Br)c1. The molecular formula is C16H13BrO2. The number of para-hydroxylation sites is 1. The predicted molar refractivity (Wildman–Crippen MR) is 80.5 cm³/mol. The van der Waals surface area contributed by atoms with Gasteiger partial charge in [-0.3, -0.25) is 4.79 Å². The van der Waals surface area contributed by atoms with Crippen LogP contribution in [-0.4, -0.2) is 12.9 Å². The van der Waals surface area contributed by atoms with E-state index in [2.05, 4.69) is 15.9 Å². The van der Waals surface area contributed by atoms with Crippen molar-refractivity contribution < 1.29 is 9.53 Å². The first-order chi connectivity index (χ1) is 9.20. The van der Waals surface area contributed by atoms with Crippen LogP contribution in [-0.2, 0) is 0 Å². The van der Waals surface area contributed by atoms with E-state index in [0.29, 0.717) is 11.3 Å². The summed E-state index contributed by atoms with van der Waals surface area (Å²) in [7, 11) is 1.56. The molecule has 0 aliphatic heterocycles. The first kappa shape index (κ1) is 13.6. The number of hydrogen-bond donors (Lipinski definition) is 0. The van der Waals surface area contributed by atoms with Crippen LogP contribution in [0.2, 0.25) is 0 Å². The lowest BCUT2D eigenvalue weighted by Crippen LogP contribution is -1.98. The van der Waals surface area contributed by atoms with Gasteiger partial charge >= 0.3 is 0 Å². The fourth-order valence-corrected chi connectivity index (χ4v) is 2.14. The maximum atomic E-state index is 12.1. The van der Waals surface area contributed by atoms with E-state index in [1.54, 1.807) is 31.4 Å². The summed E-state index contributed by atoms with van der Waals surface area (Å²) < 4.78 is 6.16. The summed E-state index contributed by atoms with van der Waals surface area (Å²) in [5.74, 6) is 0.517. The van der Waals surface area contributed by atoms with Crippen LogP contribution in [0.5, 0.6) is 5.75 Å². The molecule has 0 heterocycles. The molecule has 2 rings (SSSR count). The van der Waals surface area contributed by atoms with E-state index in [0.717, 1.165) is 10.0 Å². The largest absolute Gasteiger partial charge is 0.496 e. The maximum absolute atomic E-state index is 12.1. The van der Waals surface area contributed by atoms with E-state index in [1.807, 2.05) is 36.4 Å². The second-order valence-corrected chi connectivity index (χ2v) is 4.87. The van der Waals surface area contributed by atoms with Crippen molar-refractivity contribution in [2.24, 2.45) is 0 Å². The fourth-order valence-electron chi connectivity index (χ4n) is 1.72. The number of carbonyl (C=O) groups excluding carboxylic acids is 1. The molecule has 0 spiro atoms. The number of hydrogen-bond acceptors (Lipinski definition) is 2. The summed E-state index contributed by atoms with van der Waals surface area (Å²) in [6.45, 7) is 0. The molecule has 2 nitrogen and oxygen atoms in total. The zero-order valence-electron chi connectivity index (χ0n) is 10.5. The van der Waals surface area contributed by atoms with Gasteiger partial charge in [0.05, 0.1) is 12.7 Å². The highest BCUT2D eigenvalue weighted by Gasteiger charge is 2.07. The molecular weight excluding hydrogens is 304 g/mol. The third kappa shape index (κ3) is 3.55. The number of allylic oxidation sites excluding steroid dienone is 1. The molecule has 0 aliphatic rings. The highest BCUT2D eigenvalue weighted by Crippen LogP contribution is 2.19. The van der Waals surface area contributed by atoms with Crippen molar-refractivity contribution in [3.8, 4) is 5.75 Å². The Morgan fingerprint density at radius 2 is 1.95 bits per heavy atom. The van der Waals surface area contributed by atoms with Gasteiger partial charge in [-0.2, -0.15) is 0 Å². The molecule has 3 heteroatoms. The van der Waals surface area contributed by atoms with E-state index in [1.165, 1.54) is 0 Å². The lowest BCUT2D eigenvalue weighted by atomic mass is 10.1. The summed E-state index contributed by atoms with van der Waals surface area (Å²) in [4.78, 5) is 12.1. The summed E-state index contributed by atoms with van der Waals surface area (Å²) in [6.07, 6.45) is 3.35. The topological polar surface area (TPSA) is 26.3 Å². The van der Waals surface area contributed by atoms with Crippen molar-refractivity contribution in [1.29, 1.82) is 0 Å². The molecule has 0 saturated heterocycles. The Morgan fingerprint density at radius 3 is 2.68 bits per heavy atom. The van der Waals surface area contributed by atoms with Crippen molar-refractivity contribution >= 4 is 27.8 Å². The van der Waals surface area contributed by atoms with Gasteiger partial charge < -0.3 is 4.74 Å². The number of benzene rings is 2. The van der Waals surface area contributed by atoms with Gasteiger partial charge in [0.1, 0.15) is 5.75 Å². The number of carbonyl (C=O) groups is 1. The van der Waals surface area contributed by atoms with Crippen molar-refractivity contribution in [3.63, 3.8) is 0 Å². The van der Waals surface area contributed by atoms with Gasteiger partial charge in [0, 0.05) is 4.47 Å². The van der Waals surface area contributed by atoms with Crippen LogP contribution in [0.15, 0.2) is 59.1 Å². The van der Waals surface area contributed by atoms with Crippen LogP contribution in [0.3, 0.4) is 0 Å². The number of ketones is 1. The third-order valence-electron chi connectivity index (χ3n) is 2.65. The van der Waals surface area contributed by atoms with E-state index in [4.69, 9.17) is 4.74 Å². The average molecular weight is 317 g/mol. The van der Waals surface area contributed by atoms with Crippen molar-refractivity contribution in [2.75, 3.05) is 7.11 Å². The Balaban J connectivity index is 2.21. The van der Waals surface area contributed by atoms with Crippen molar-refractivity contribution in [1.82, 2.24) is 0 Å². The average Bonchev–Trinajstić information content (AvgIpc) is 2.45. The summed E-state index contributed by atoms with van der Waals surface area (Å²) in [5, 5.41) is 0. The van der Waals surface area contributed by atoms with Crippen LogP contribution < -0.4 is 4.74 Å². The zero-order valence-corrected chi connectivity index (χ0v) is 12.1. The minimum absolute atomic E-state index is 0.0718. The Hall–Kier alpha value is -1.87. The lowest BCUT2D eigenvalue weighted by molar-refractivity contribution is 0.104. The molecule has 0 bridgehead atoms. The van der Waals surface area contributed by atoms with Gasteiger partial charge in [-0.05, 0) is 35.9 Å². The van der Waals surface area contributed by atoms with Crippen molar-refractivity contribution in [2.45, 2.75) is 0 Å². The normalized spacial score (nSPS) is 10.6. The van der Waals surface area contributed by atoms with Crippen LogP contribution in [0.4, 0.5) is 0 Å².